The van der Waals surface area contributed by atoms with Gasteiger partial charge in [-0.15, -0.1) is 0 Å². The molecule has 1 unspecified atom stereocenters. The second-order valence-corrected chi connectivity index (χ2v) is 9.94. The lowest BCUT2D eigenvalue weighted by Gasteiger charge is -2.61. The number of aliphatic hydroxyl groups excluding tert-OH is 1. The predicted molar refractivity (Wildman–Crippen MR) is 94.3 cm³/mol. The summed E-state index contributed by atoms with van der Waals surface area (Å²) >= 11 is 0. The van der Waals surface area contributed by atoms with E-state index in [1.807, 2.05) is 6.08 Å². The number of hydrogen-bond acceptors (Lipinski definition) is 2. The highest BCUT2D eigenvalue weighted by Gasteiger charge is 2.63. The molecule has 2 heteroatoms. The molecule has 0 aromatic rings. The highest BCUT2D eigenvalue weighted by molar-refractivity contribution is 5.96. The maximum absolute atomic E-state index is 13.0. The molecular weight excluding hydrogens is 296 g/mol. The number of hydrogen-bond donors (Lipinski definition) is 1. The number of ketones is 1. The average Bonchev–Trinajstić information content (AvgIpc) is 2.97. The van der Waals surface area contributed by atoms with Gasteiger partial charge >= 0.3 is 0 Å². The maximum Gasteiger partial charge on any atom is 0.162 e. The van der Waals surface area contributed by atoms with Crippen LogP contribution in [0.3, 0.4) is 0 Å². The van der Waals surface area contributed by atoms with E-state index in [0.29, 0.717) is 23.0 Å². The number of allylic oxidation sites excluding steroid dienone is 2. The summed E-state index contributed by atoms with van der Waals surface area (Å²) in [6.45, 7) is 2.54. The molecule has 0 aromatic carbocycles. The number of carbonyl (C=O) groups is 1. The van der Waals surface area contributed by atoms with Crippen LogP contribution in [0.15, 0.2) is 12.2 Å². The van der Waals surface area contributed by atoms with Gasteiger partial charge in [0, 0.05) is 5.41 Å². The van der Waals surface area contributed by atoms with E-state index in [1.54, 1.807) is 0 Å². The molecule has 4 fully saturated rings. The van der Waals surface area contributed by atoms with Crippen LogP contribution in [0.1, 0.15) is 71.1 Å². The van der Waals surface area contributed by atoms with Crippen molar-refractivity contribution in [3.8, 4) is 0 Å². The first-order chi connectivity index (χ1) is 11.6. The van der Waals surface area contributed by atoms with E-state index in [-0.39, 0.29) is 11.5 Å². The minimum atomic E-state index is -0.0597. The van der Waals surface area contributed by atoms with E-state index in [2.05, 4.69) is 13.0 Å². The SMILES string of the molecule is C[C@]12CC[C@@H](O)C[C@@H]1CC[C@H]1[C@@H]3CC[C@@H]4CC=CC(=O)C43CC[C@@H]12. The topological polar surface area (TPSA) is 37.3 Å². The van der Waals surface area contributed by atoms with Crippen LogP contribution in [-0.4, -0.2) is 17.0 Å². The Kier molecular flexibility index (Phi) is 3.38. The van der Waals surface area contributed by atoms with E-state index in [1.165, 1.54) is 38.5 Å². The van der Waals surface area contributed by atoms with Crippen molar-refractivity contribution in [1.29, 1.82) is 0 Å². The lowest BCUT2D eigenvalue weighted by Crippen LogP contribution is -2.56. The molecule has 0 radical (unpaired) electrons. The third-order valence-corrected chi connectivity index (χ3v) is 9.47. The number of fused-ring (bicyclic) bond motifs is 4. The first kappa shape index (κ1) is 15.6. The van der Waals surface area contributed by atoms with Gasteiger partial charge in [-0.2, -0.15) is 0 Å². The largest absolute Gasteiger partial charge is 0.393 e. The third-order valence-electron chi connectivity index (χ3n) is 9.47. The van der Waals surface area contributed by atoms with Crippen LogP contribution < -0.4 is 0 Å². The Morgan fingerprint density at radius 2 is 1.83 bits per heavy atom. The summed E-state index contributed by atoms with van der Waals surface area (Å²) in [6, 6.07) is 0. The first-order valence-electron chi connectivity index (χ1n) is 10.4. The molecular formula is C22H32O2. The molecule has 0 bridgehead atoms. The molecule has 0 amide bonds. The maximum atomic E-state index is 13.0. The van der Waals surface area contributed by atoms with Crippen LogP contribution in [0.4, 0.5) is 0 Å². The quantitative estimate of drug-likeness (QED) is 0.710. The fourth-order valence-corrected chi connectivity index (χ4v) is 8.35. The molecule has 1 spiro atoms. The van der Waals surface area contributed by atoms with Crippen molar-refractivity contribution in [2.24, 2.45) is 40.4 Å². The second-order valence-electron chi connectivity index (χ2n) is 9.94. The summed E-state index contributed by atoms with van der Waals surface area (Å²) in [4.78, 5) is 13.0. The Morgan fingerprint density at radius 3 is 2.71 bits per heavy atom. The Morgan fingerprint density at radius 1 is 1.00 bits per heavy atom. The second kappa shape index (κ2) is 5.19. The summed E-state index contributed by atoms with van der Waals surface area (Å²) in [5.74, 6) is 4.07. The van der Waals surface area contributed by atoms with Crippen molar-refractivity contribution in [2.75, 3.05) is 0 Å². The van der Waals surface area contributed by atoms with Crippen molar-refractivity contribution in [2.45, 2.75) is 77.2 Å². The van der Waals surface area contributed by atoms with E-state index < -0.39 is 0 Å². The molecule has 0 aliphatic heterocycles. The fourth-order valence-electron chi connectivity index (χ4n) is 8.35. The highest BCUT2D eigenvalue weighted by Crippen LogP contribution is 2.68. The number of rotatable bonds is 0. The number of carbonyl (C=O) groups excluding carboxylic acids is 1. The van der Waals surface area contributed by atoms with Crippen molar-refractivity contribution in [3.63, 3.8) is 0 Å². The molecule has 5 rings (SSSR count). The average molecular weight is 328 g/mol. The van der Waals surface area contributed by atoms with Gasteiger partial charge in [-0.3, -0.25) is 4.79 Å². The third kappa shape index (κ3) is 1.84. The van der Waals surface area contributed by atoms with Crippen LogP contribution >= 0.6 is 0 Å². The van der Waals surface area contributed by atoms with E-state index in [0.717, 1.165) is 43.4 Å². The summed E-state index contributed by atoms with van der Waals surface area (Å²) in [6.07, 6.45) is 16.0. The molecule has 0 saturated heterocycles. The van der Waals surface area contributed by atoms with Gasteiger partial charge in [0.1, 0.15) is 0 Å². The zero-order valence-corrected chi connectivity index (χ0v) is 15.0. The van der Waals surface area contributed by atoms with Crippen LogP contribution in [0, 0.1) is 40.4 Å². The monoisotopic (exact) mass is 328 g/mol. The van der Waals surface area contributed by atoms with Gasteiger partial charge in [0.05, 0.1) is 6.10 Å². The summed E-state index contributed by atoms with van der Waals surface area (Å²) < 4.78 is 0. The first-order valence-corrected chi connectivity index (χ1v) is 10.4. The molecule has 24 heavy (non-hydrogen) atoms. The zero-order chi connectivity index (χ0) is 16.5. The lowest BCUT2D eigenvalue weighted by molar-refractivity contribution is -0.152. The molecule has 0 aromatic heterocycles. The van der Waals surface area contributed by atoms with Gasteiger partial charge < -0.3 is 5.11 Å². The van der Waals surface area contributed by atoms with Crippen molar-refractivity contribution >= 4 is 5.78 Å². The van der Waals surface area contributed by atoms with Gasteiger partial charge in [0.15, 0.2) is 5.78 Å². The molecule has 8 atom stereocenters. The zero-order valence-electron chi connectivity index (χ0n) is 15.0. The highest BCUT2D eigenvalue weighted by atomic mass is 16.3. The summed E-state index contributed by atoms with van der Waals surface area (Å²) in [5, 5.41) is 10.1. The van der Waals surface area contributed by atoms with Crippen LogP contribution in [0.2, 0.25) is 0 Å². The van der Waals surface area contributed by atoms with Crippen LogP contribution in [0.5, 0.6) is 0 Å². The van der Waals surface area contributed by atoms with Crippen molar-refractivity contribution < 1.29 is 9.90 Å². The van der Waals surface area contributed by atoms with E-state index >= 15 is 0 Å². The summed E-state index contributed by atoms with van der Waals surface area (Å²) in [7, 11) is 0. The lowest BCUT2D eigenvalue weighted by atomic mass is 9.43. The Hall–Kier alpha value is -0.630. The van der Waals surface area contributed by atoms with E-state index in [4.69, 9.17) is 0 Å². The van der Waals surface area contributed by atoms with Gasteiger partial charge in [-0.25, -0.2) is 0 Å². The van der Waals surface area contributed by atoms with Gasteiger partial charge in [0.25, 0.3) is 0 Å². The molecule has 1 N–H and O–H groups in total. The smallest absolute Gasteiger partial charge is 0.162 e. The molecule has 132 valence electrons. The molecule has 4 saturated carbocycles. The van der Waals surface area contributed by atoms with Crippen LogP contribution in [-0.2, 0) is 4.79 Å². The standard InChI is InChI=1S/C22H32O2/c1-21-11-9-16(23)13-15(21)5-7-17-18(21)10-12-22-14(6-8-19(17)22)3-2-4-20(22)24/h2,4,14-19,23H,3,5-13H2,1H3/t14-,15-,16+,17+,18-,19-,21-,22?/m0/s1. The minimum Gasteiger partial charge on any atom is -0.393 e. The normalized spacial score (nSPS) is 56.2. The minimum absolute atomic E-state index is 0.0211. The number of aliphatic hydroxyl groups is 1. The molecule has 5 aliphatic carbocycles. The predicted octanol–water partition coefficient (Wildman–Crippen LogP) is 4.52. The van der Waals surface area contributed by atoms with Gasteiger partial charge in [-0.1, -0.05) is 13.0 Å². The molecule has 2 nitrogen and oxygen atoms in total. The van der Waals surface area contributed by atoms with Gasteiger partial charge in [0.2, 0.25) is 0 Å². The van der Waals surface area contributed by atoms with E-state index in [9.17, 15) is 9.90 Å². The molecule has 5 aliphatic rings. The summed E-state index contributed by atoms with van der Waals surface area (Å²) in [5.41, 5.74) is 0.447. The Bertz CT molecular complexity index is 581. The van der Waals surface area contributed by atoms with Crippen LogP contribution in [0.25, 0.3) is 0 Å². The Labute approximate surface area is 146 Å². The van der Waals surface area contributed by atoms with Crippen molar-refractivity contribution in [1.82, 2.24) is 0 Å². The van der Waals surface area contributed by atoms with Crippen molar-refractivity contribution in [3.05, 3.63) is 12.2 Å². The fraction of sp³-hybridized carbons (Fsp3) is 0.864. The Balaban J connectivity index is 1.49. The van der Waals surface area contributed by atoms with Gasteiger partial charge in [-0.05, 0) is 105 Å². The molecule has 0 heterocycles.